The molecule has 2 N–H and O–H groups in total. The predicted molar refractivity (Wildman–Crippen MR) is 49.1 cm³/mol. The summed E-state index contributed by atoms with van der Waals surface area (Å²) in [5.74, 6) is -1.01. The van der Waals surface area contributed by atoms with Crippen LogP contribution in [-0.4, -0.2) is 21.5 Å². The van der Waals surface area contributed by atoms with Crippen LogP contribution in [0.3, 0.4) is 0 Å². The molecule has 0 bridgehead atoms. The molecule has 0 fully saturated rings. The number of methoxy groups -OCH3 is 1. The van der Waals surface area contributed by atoms with E-state index in [1.807, 2.05) is 0 Å². The van der Waals surface area contributed by atoms with Crippen LogP contribution in [0, 0.1) is 0 Å². The number of hydrogen-bond donors (Lipinski definition) is 1. The number of sulfonamides is 1. The van der Waals surface area contributed by atoms with E-state index in [0.717, 1.165) is 13.2 Å². The van der Waals surface area contributed by atoms with Crippen molar-refractivity contribution in [1.82, 2.24) is 0 Å². The molecule has 0 radical (unpaired) electrons. The molecule has 14 heavy (non-hydrogen) atoms. The van der Waals surface area contributed by atoms with Crippen molar-refractivity contribution in [3.05, 3.63) is 16.5 Å². The van der Waals surface area contributed by atoms with Crippen LogP contribution in [0.5, 0.6) is 0 Å². The second-order valence-corrected chi connectivity index (χ2v) is 4.54. The zero-order chi connectivity index (χ0) is 10.9. The molecule has 1 aromatic rings. The lowest BCUT2D eigenvalue weighted by atomic mass is 10.5. The van der Waals surface area contributed by atoms with E-state index in [4.69, 9.17) is 9.56 Å². The van der Waals surface area contributed by atoms with Crippen LogP contribution in [0.1, 0.15) is 10.6 Å². The number of rotatable bonds is 2. The van der Waals surface area contributed by atoms with E-state index < -0.39 is 16.0 Å². The SMILES string of the molecule is COC(=O)c1cc(S(N)(=O)=O)c(Br)o1. The van der Waals surface area contributed by atoms with Crippen LogP contribution in [-0.2, 0) is 14.8 Å². The molecule has 1 rings (SSSR count). The first-order chi connectivity index (χ1) is 6.36. The van der Waals surface area contributed by atoms with E-state index in [0.29, 0.717) is 0 Å². The van der Waals surface area contributed by atoms with Gasteiger partial charge in [-0.1, -0.05) is 0 Å². The lowest BCUT2D eigenvalue weighted by Gasteiger charge is -1.90. The van der Waals surface area contributed by atoms with Crippen molar-refractivity contribution in [3.63, 3.8) is 0 Å². The fourth-order valence-electron chi connectivity index (χ4n) is 0.747. The van der Waals surface area contributed by atoms with E-state index in [1.165, 1.54) is 0 Å². The first-order valence-electron chi connectivity index (χ1n) is 3.26. The standard InChI is InChI=1S/C6H6BrNO5S/c1-12-6(9)3-2-4(5(7)13-3)14(8,10)11/h2H,1H3,(H2,8,10,11). The van der Waals surface area contributed by atoms with Crippen molar-refractivity contribution >= 4 is 31.9 Å². The van der Waals surface area contributed by atoms with Gasteiger partial charge in [0.25, 0.3) is 0 Å². The maximum absolute atomic E-state index is 10.9. The second-order valence-electron chi connectivity index (χ2n) is 2.29. The Labute approximate surface area is 88.2 Å². The summed E-state index contributed by atoms with van der Waals surface area (Å²) in [6.07, 6.45) is 0. The Balaban J connectivity index is 3.25. The zero-order valence-corrected chi connectivity index (χ0v) is 9.38. The number of halogens is 1. The predicted octanol–water partition coefficient (Wildman–Crippen LogP) is 0.476. The van der Waals surface area contributed by atoms with Gasteiger partial charge in [-0.25, -0.2) is 18.4 Å². The van der Waals surface area contributed by atoms with Crippen LogP contribution in [0.2, 0.25) is 0 Å². The van der Waals surface area contributed by atoms with Crippen LogP contribution >= 0.6 is 15.9 Å². The van der Waals surface area contributed by atoms with E-state index in [9.17, 15) is 13.2 Å². The molecule has 0 saturated carbocycles. The summed E-state index contributed by atoms with van der Waals surface area (Å²) < 4.78 is 30.8. The van der Waals surface area contributed by atoms with Gasteiger partial charge in [0, 0.05) is 6.07 Å². The first-order valence-corrected chi connectivity index (χ1v) is 5.60. The van der Waals surface area contributed by atoms with Crippen molar-refractivity contribution < 1.29 is 22.4 Å². The third-order valence-electron chi connectivity index (χ3n) is 1.35. The number of esters is 1. The molecule has 0 aliphatic rings. The smallest absolute Gasteiger partial charge is 0.374 e. The molecule has 6 nitrogen and oxygen atoms in total. The molecule has 0 amide bonds. The molecule has 78 valence electrons. The van der Waals surface area contributed by atoms with Crippen molar-refractivity contribution in [3.8, 4) is 0 Å². The number of primary sulfonamides is 1. The van der Waals surface area contributed by atoms with Crippen molar-refractivity contribution in [2.75, 3.05) is 7.11 Å². The number of ether oxygens (including phenoxy) is 1. The van der Waals surface area contributed by atoms with Gasteiger partial charge in [-0.3, -0.25) is 0 Å². The van der Waals surface area contributed by atoms with Crippen molar-refractivity contribution in [1.29, 1.82) is 0 Å². The summed E-state index contributed by atoms with van der Waals surface area (Å²) in [7, 11) is -2.75. The highest BCUT2D eigenvalue weighted by Crippen LogP contribution is 2.25. The summed E-state index contributed by atoms with van der Waals surface area (Å²) in [6.45, 7) is 0. The average Bonchev–Trinajstić information content (AvgIpc) is 2.45. The fraction of sp³-hybridized carbons (Fsp3) is 0.167. The Bertz CT molecular complexity index is 463. The number of carbonyl (C=O) groups is 1. The number of nitrogens with two attached hydrogens (primary N) is 1. The second kappa shape index (κ2) is 3.71. The van der Waals surface area contributed by atoms with Crippen LogP contribution < -0.4 is 5.14 Å². The molecule has 0 saturated heterocycles. The highest BCUT2D eigenvalue weighted by Gasteiger charge is 2.22. The quantitative estimate of drug-likeness (QED) is 0.796. The van der Waals surface area contributed by atoms with E-state index in [2.05, 4.69) is 20.7 Å². The molecule has 0 aliphatic carbocycles. The Kier molecular flexibility index (Phi) is 2.98. The van der Waals surface area contributed by atoms with E-state index in [1.54, 1.807) is 0 Å². The monoisotopic (exact) mass is 283 g/mol. The Hall–Kier alpha value is -0.860. The van der Waals surface area contributed by atoms with Gasteiger partial charge in [-0.15, -0.1) is 0 Å². The summed E-state index contributed by atoms with van der Waals surface area (Å²) in [4.78, 5) is 10.6. The van der Waals surface area contributed by atoms with Gasteiger partial charge in [0.2, 0.25) is 15.8 Å². The topological polar surface area (TPSA) is 99.6 Å². The van der Waals surface area contributed by atoms with Gasteiger partial charge < -0.3 is 9.15 Å². The Morgan fingerprint density at radius 2 is 2.21 bits per heavy atom. The van der Waals surface area contributed by atoms with Crippen LogP contribution in [0.25, 0.3) is 0 Å². The highest BCUT2D eigenvalue weighted by atomic mass is 79.9. The fourth-order valence-corrected chi connectivity index (χ4v) is 2.25. The van der Waals surface area contributed by atoms with Gasteiger partial charge in [-0.05, 0) is 15.9 Å². The molecule has 0 unspecified atom stereocenters. The lowest BCUT2D eigenvalue weighted by Crippen LogP contribution is -2.11. The van der Waals surface area contributed by atoms with E-state index >= 15 is 0 Å². The normalized spacial score (nSPS) is 11.4. The van der Waals surface area contributed by atoms with Gasteiger partial charge in [0.1, 0.15) is 4.90 Å². The van der Waals surface area contributed by atoms with Crippen molar-refractivity contribution in [2.24, 2.45) is 5.14 Å². The minimum absolute atomic E-state index is 0.125. The summed E-state index contributed by atoms with van der Waals surface area (Å²) in [6, 6.07) is 0.991. The van der Waals surface area contributed by atoms with Gasteiger partial charge >= 0.3 is 5.97 Å². The Morgan fingerprint density at radius 3 is 2.57 bits per heavy atom. The maximum Gasteiger partial charge on any atom is 0.374 e. The van der Waals surface area contributed by atoms with E-state index in [-0.39, 0.29) is 15.3 Å². The number of furan rings is 1. The molecule has 0 aromatic carbocycles. The molecule has 0 atom stereocenters. The molecule has 0 aliphatic heterocycles. The summed E-state index contributed by atoms with van der Waals surface area (Å²) >= 11 is 2.82. The maximum atomic E-state index is 10.9. The molecule has 1 aromatic heterocycles. The molecular weight excluding hydrogens is 278 g/mol. The van der Waals surface area contributed by atoms with Crippen molar-refractivity contribution in [2.45, 2.75) is 4.90 Å². The van der Waals surface area contributed by atoms with Crippen LogP contribution in [0.4, 0.5) is 0 Å². The third kappa shape index (κ3) is 2.14. The number of carbonyl (C=O) groups excluding carboxylic acids is 1. The van der Waals surface area contributed by atoms with Gasteiger partial charge in [0.15, 0.2) is 4.67 Å². The van der Waals surface area contributed by atoms with Gasteiger partial charge in [0.05, 0.1) is 7.11 Å². The number of hydrogen-bond acceptors (Lipinski definition) is 5. The largest absolute Gasteiger partial charge is 0.463 e. The molecule has 8 heteroatoms. The third-order valence-corrected chi connectivity index (χ3v) is 3.12. The zero-order valence-electron chi connectivity index (χ0n) is 6.98. The summed E-state index contributed by atoms with van der Waals surface area (Å²) in [5, 5.41) is 4.84. The molecular formula is C6H6BrNO5S. The molecule has 1 heterocycles. The minimum atomic E-state index is -3.90. The lowest BCUT2D eigenvalue weighted by molar-refractivity contribution is 0.0563. The van der Waals surface area contributed by atoms with Crippen LogP contribution in [0.15, 0.2) is 20.0 Å². The molecule has 0 spiro atoms. The average molecular weight is 284 g/mol. The minimum Gasteiger partial charge on any atom is -0.463 e. The summed E-state index contributed by atoms with van der Waals surface area (Å²) in [5.41, 5.74) is 0. The Morgan fingerprint density at radius 1 is 1.64 bits per heavy atom. The highest BCUT2D eigenvalue weighted by molar-refractivity contribution is 9.10. The first kappa shape index (κ1) is 11.2. The van der Waals surface area contributed by atoms with Gasteiger partial charge in [-0.2, -0.15) is 0 Å².